The van der Waals surface area contributed by atoms with E-state index < -0.39 is 6.10 Å². The smallest absolute Gasteiger partial charge is 0.104 e. The lowest BCUT2D eigenvalue weighted by molar-refractivity contribution is 0.220. The summed E-state index contributed by atoms with van der Waals surface area (Å²) in [6.07, 6.45) is -0.522. The second-order valence-electron chi connectivity index (χ2n) is 3.73. The molecule has 0 aliphatic rings. The Labute approximate surface area is 90.0 Å². The fourth-order valence-corrected chi connectivity index (χ4v) is 1.67. The molecule has 76 valence electrons. The minimum absolute atomic E-state index is 0.522. The Kier molecular flexibility index (Phi) is 2.84. The molecule has 1 N–H and O–H groups in total. The largest absolute Gasteiger partial charge is 0.384 e. The first-order valence-electron chi connectivity index (χ1n) is 5.07. The van der Waals surface area contributed by atoms with Gasteiger partial charge in [0.25, 0.3) is 0 Å². The first-order chi connectivity index (χ1) is 7.27. The van der Waals surface area contributed by atoms with Gasteiger partial charge >= 0.3 is 0 Å². The van der Waals surface area contributed by atoms with Crippen LogP contribution in [0.3, 0.4) is 0 Å². The molecular weight excluding hydrogens is 184 g/mol. The van der Waals surface area contributed by atoms with Crippen LogP contribution in [0.5, 0.6) is 0 Å². The minimum atomic E-state index is -0.522. The van der Waals surface area contributed by atoms with Gasteiger partial charge in [-0.05, 0) is 18.1 Å². The molecule has 2 aromatic carbocycles. The van der Waals surface area contributed by atoms with Gasteiger partial charge in [-0.15, -0.1) is 0 Å². The summed E-state index contributed by atoms with van der Waals surface area (Å²) < 4.78 is 0. The van der Waals surface area contributed by atoms with Gasteiger partial charge in [0.05, 0.1) is 0 Å². The SMILES string of the molecule is Cc1cccc(C(O)c2ccccc2)c1. The van der Waals surface area contributed by atoms with E-state index in [1.165, 1.54) is 5.56 Å². The van der Waals surface area contributed by atoms with Crippen molar-refractivity contribution >= 4 is 0 Å². The minimum Gasteiger partial charge on any atom is -0.384 e. The highest BCUT2D eigenvalue weighted by Crippen LogP contribution is 2.21. The van der Waals surface area contributed by atoms with Gasteiger partial charge in [0.2, 0.25) is 0 Å². The number of aryl methyl sites for hydroxylation is 1. The number of aliphatic hydroxyl groups excluding tert-OH is 1. The molecule has 0 saturated carbocycles. The molecule has 0 amide bonds. The van der Waals surface area contributed by atoms with Crippen molar-refractivity contribution in [1.29, 1.82) is 0 Å². The lowest BCUT2D eigenvalue weighted by Crippen LogP contribution is -1.99. The molecule has 1 nitrogen and oxygen atoms in total. The number of rotatable bonds is 2. The Morgan fingerprint density at radius 1 is 0.867 bits per heavy atom. The molecular formula is C14H14O. The number of hydrogen-bond donors (Lipinski definition) is 1. The van der Waals surface area contributed by atoms with Gasteiger partial charge in [0, 0.05) is 0 Å². The van der Waals surface area contributed by atoms with Gasteiger partial charge in [0.15, 0.2) is 0 Å². The maximum atomic E-state index is 10.1. The molecule has 1 atom stereocenters. The van der Waals surface area contributed by atoms with E-state index >= 15 is 0 Å². The molecule has 1 heteroatoms. The zero-order valence-electron chi connectivity index (χ0n) is 8.72. The average molecular weight is 198 g/mol. The number of aliphatic hydroxyl groups is 1. The third-order valence-electron chi connectivity index (χ3n) is 2.47. The molecule has 15 heavy (non-hydrogen) atoms. The second kappa shape index (κ2) is 4.28. The van der Waals surface area contributed by atoms with Crippen molar-refractivity contribution in [3.63, 3.8) is 0 Å². The highest BCUT2D eigenvalue weighted by Gasteiger charge is 2.08. The quantitative estimate of drug-likeness (QED) is 0.786. The molecule has 0 spiro atoms. The summed E-state index contributed by atoms with van der Waals surface area (Å²) in [6, 6.07) is 17.7. The Morgan fingerprint density at radius 3 is 2.20 bits per heavy atom. The molecule has 0 aliphatic carbocycles. The molecule has 0 fully saturated rings. The normalized spacial score (nSPS) is 12.4. The monoisotopic (exact) mass is 198 g/mol. The van der Waals surface area contributed by atoms with Gasteiger partial charge in [-0.1, -0.05) is 60.2 Å². The maximum absolute atomic E-state index is 10.1. The van der Waals surface area contributed by atoms with Crippen LogP contribution >= 0.6 is 0 Å². The summed E-state index contributed by atoms with van der Waals surface area (Å²) in [5.74, 6) is 0. The van der Waals surface area contributed by atoms with Gasteiger partial charge in [-0.25, -0.2) is 0 Å². The summed E-state index contributed by atoms with van der Waals surface area (Å²) >= 11 is 0. The van der Waals surface area contributed by atoms with Crippen molar-refractivity contribution < 1.29 is 5.11 Å². The third-order valence-corrected chi connectivity index (χ3v) is 2.47. The molecule has 2 rings (SSSR count). The standard InChI is InChI=1S/C14H14O/c1-11-6-5-9-13(10-11)14(15)12-7-3-2-4-8-12/h2-10,14-15H,1H3. The zero-order valence-corrected chi connectivity index (χ0v) is 8.72. The highest BCUT2D eigenvalue weighted by molar-refractivity contribution is 5.31. The van der Waals surface area contributed by atoms with Crippen molar-refractivity contribution in [3.8, 4) is 0 Å². The molecule has 1 unspecified atom stereocenters. The summed E-state index contributed by atoms with van der Waals surface area (Å²) in [6.45, 7) is 2.03. The van der Waals surface area contributed by atoms with E-state index in [9.17, 15) is 5.11 Å². The lowest BCUT2D eigenvalue weighted by atomic mass is 10.0. The fourth-order valence-electron chi connectivity index (χ4n) is 1.67. The van der Waals surface area contributed by atoms with Gasteiger partial charge in [-0.2, -0.15) is 0 Å². The van der Waals surface area contributed by atoms with Crippen LogP contribution in [0, 0.1) is 6.92 Å². The van der Waals surface area contributed by atoms with Crippen LogP contribution in [-0.2, 0) is 0 Å². The Morgan fingerprint density at radius 2 is 1.53 bits per heavy atom. The second-order valence-corrected chi connectivity index (χ2v) is 3.73. The third kappa shape index (κ3) is 2.25. The molecule has 0 saturated heterocycles. The molecule has 0 radical (unpaired) electrons. The average Bonchev–Trinajstić information content (AvgIpc) is 2.29. The Bertz CT molecular complexity index is 434. The summed E-state index contributed by atoms with van der Waals surface area (Å²) in [4.78, 5) is 0. The van der Waals surface area contributed by atoms with E-state index in [1.807, 2.05) is 61.5 Å². The lowest BCUT2D eigenvalue weighted by Gasteiger charge is -2.11. The van der Waals surface area contributed by atoms with E-state index in [4.69, 9.17) is 0 Å². The van der Waals surface area contributed by atoms with Crippen molar-refractivity contribution in [3.05, 3.63) is 71.3 Å². The van der Waals surface area contributed by atoms with E-state index in [1.54, 1.807) is 0 Å². The molecule has 2 aromatic rings. The van der Waals surface area contributed by atoms with Crippen molar-refractivity contribution in [1.82, 2.24) is 0 Å². The number of hydrogen-bond acceptors (Lipinski definition) is 1. The molecule has 0 bridgehead atoms. The van der Waals surface area contributed by atoms with Crippen molar-refractivity contribution in [2.24, 2.45) is 0 Å². The van der Waals surface area contributed by atoms with E-state index in [2.05, 4.69) is 0 Å². The summed E-state index contributed by atoms with van der Waals surface area (Å²) in [5.41, 5.74) is 3.05. The highest BCUT2D eigenvalue weighted by atomic mass is 16.3. The van der Waals surface area contributed by atoms with Crippen molar-refractivity contribution in [2.45, 2.75) is 13.0 Å². The number of benzene rings is 2. The van der Waals surface area contributed by atoms with Crippen LogP contribution in [0.15, 0.2) is 54.6 Å². The van der Waals surface area contributed by atoms with E-state index in [-0.39, 0.29) is 0 Å². The van der Waals surface area contributed by atoms with Crippen LogP contribution < -0.4 is 0 Å². The topological polar surface area (TPSA) is 20.2 Å². The Balaban J connectivity index is 2.32. The first kappa shape index (κ1) is 9.94. The predicted molar refractivity (Wildman–Crippen MR) is 61.7 cm³/mol. The first-order valence-corrected chi connectivity index (χ1v) is 5.07. The van der Waals surface area contributed by atoms with Crippen molar-refractivity contribution in [2.75, 3.05) is 0 Å². The van der Waals surface area contributed by atoms with Crippen LogP contribution in [0.4, 0.5) is 0 Å². The molecule has 0 aliphatic heterocycles. The molecule has 0 heterocycles. The van der Waals surface area contributed by atoms with E-state index in [0.29, 0.717) is 0 Å². The summed E-state index contributed by atoms with van der Waals surface area (Å²) in [5, 5.41) is 10.1. The van der Waals surface area contributed by atoms with Gasteiger partial charge in [-0.3, -0.25) is 0 Å². The Hall–Kier alpha value is -1.60. The van der Waals surface area contributed by atoms with Crippen LogP contribution in [0.2, 0.25) is 0 Å². The maximum Gasteiger partial charge on any atom is 0.104 e. The molecule has 0 aromatic heterocycles. The predicted octanol–water partition coefficient (Wildman–Crippen LogP) is 3.08. The van der Waals surface area contributed by atoms with E-state index in [0.717, 1.165) is 11.1 Å². The summed E-state index contributed by atoms with van der Waals surface area (Å²) in [7, 11) is 0. The zero-order chi connectivity index (χ0) is 10.7. The van der Waals surface area contributed by atoms with Crippen LogP contribution in [0.25, 0.3) is 0 Å². The van der Waals surface area contributed by atoms with Crippen LogP contribution in [0.1, 0.15) is 22.8 Å². The van der Waals surface area contributed by atoms with Gasteiger partial charge in [0.1, 0.15) is 6.10 Å². The van der Waals surface area contributed by atoms with Gasteiger partial charge < -0.3 is 5.11 Å². The van der Waals surface area contributed by atoms with Crippen LogP contribution in [-0.4, -0.2) is 5.11 Å². The fraction of sp³-hybridized carbons (Fsp3) is 0.143.